The highest BCUT2D eigenvalue weighted by Gasteiger charge is 2.49. The van der Waals surface area contributed by atoms with E-state index < -0.39 is 11.6 Å². The summed E-state index contributed by atoms with van der Waals surface area (Å²) in [7, 11) is 1.80. The van der Waals surface area contributed by atoms with Gasteiger partial charge in [0.1, 0.15) is 6.04 Å². The van der Waals surface area contributed by atoms with E-state index in [1.807, 2.05) is 32.9 Å². The van der Waals surface area contributed by atoms with Crippen molar-refractivity contribution >= 4 is 17.4 Å². The maximum atomic E-state index is 12.4. The molecule has 1 aromatic carbocycles. The molecule has 1 N–H and O–H groups in total. The zero-order valence-corrected chi connectivity index (χ0v) is 13.5. The first-order valence-electron chi connectivity index (χ1n) is 7.47. The van der Waals surface area contributed by atoms with Gasteiger partial charge in [-0.1, -0.05) is 24.6 Å². The molecule has 0 fully saturated rings. The van der Waals surface area contributed by atoms with Crippen molar-refractivity contribution in [3.8, 4) is 0 Å². The van der Waals surface area contributed by atoms with E-state index in [1.54, 1.807) is 18.9 Å². The summed E-state index contributed by atoms with van der Waals surface area (Å²) >= 11 is 0. The molecule has 2 rings (SSSR count). The van der Waals surface area contributed by atoms with Crippen molar-refractivity contribution in [2.75, 3.05) is 12.4 Å². The number of fused-ring (bicyclic) bond motifs is 1. The number of aryl methyl sites for hydroxylation is 1. The van der Waals surface area contributed by atoms with Gasteiger partial charge in [-0.05, 0) is 33.3 Å². The van der Waals surface area contributed by atoms with Crippen LogP contribution in [0.4, 0.5) is 5.69 Å². The largest absolute Gasteiger partial charge is 0.373 e. The molecule has 1 aliphatic rings. The quantitative estimate of drug-likeness (QED) is 0.927. The van der Waals surface area contributed by atoms with Crippen LogP contribution in [0.15, 0.2) is 18.2 Å². The highest BCUT2D eigenvalue weighted by Crippen LogP contribution is 2.44. The summed E-state index contributed by atoms with van der Waals surface area (Å²) in [5, 5.41) is 3.29. The Balaban J connectivity index is 2.53. The van der Waals surface area contributed by atoms with E-state index in [0.717, 1.165) is 23.2 Å². The molecule has 1 heterocycles. The first kappa shape index (κ1) is 15.5. The third-order valence-electron chi connectivity index (χ3n) is 4.52. The second-order valence-corrected chi connectivity index (χ2v) is 6.09. The summed E-state index contributed by atoms with van der Waals surface area (Å²) in [5.74, 6) is 0.116. The lowest BCUT2D eigenvalue weighted by Gasteiger charge is -2.39. The summed E-state index contributed by atoms with van der Waals surface area (Å²) in [6, 6.07) is 5.67. The van der Waals surface area contributed by atoms with E-state index in [-0.39, 0.29) is 11.7 Å². The van der Waals surface area contributed by atoms with E-state index in [9.17, 15) is 9.59 Å². The van der Waals surface area contributed by atoms with E-state index in [1.165, 1.54) is 0 Å². The van der Waals surface area contributed by atoms with Crippen LogP contribution in [-0.2, 0) is 15.1 Å². The fraction of sp³-hybridized carbons (Fsp3) is 0.529. The summed E-state index contributed by atoms with van der Waals surface area (Å²) in [6.45, 7) is 7.56. The Bertz CT molecular complexity index is 582. The predicted molar refractivity (Wildman–Crippen MR) is 84.3 cm³/mol. The molecule has 1 amide bonds. The Morgan fingerprint density at radius 1 is 1.38 bits per heavy atom. The number of rotatable bonds is 4. The fourth-order valence-electron chi connectivity index (χ4n) is 3.17. The molecule has 0 saturated carbocycles. The Kier molecular flexibility index (Phi) is 4.08. The summed E-state index contributed by atoms with van der Waals surface area (Å²) in [6.07, 6.45) is 1.30. The number of hydrogen-bond donors (Lipinski definition) is 1. The average molecular weight is 288 g/mol. The van der Waals surface area contributed by atoms with Crippen molar-refractivity contribution < 1.29 is 9.59 Å². The molecule has 0 aromatic heterocycles. The van der Waals surface area contributed by atoms with E-state index in [0.29, 0.717) is 6.42 Å². The summed E-state index contributed by atoms with van der Waals surface area (Å²) in [4.78, 5) is 26.2. The van der Waals surface area contributed by atoms with Crippen molar-refractivity contribution in [2.45, 2.75) is 52.1 Å². The average Bonchev–Trinajstić information content (AvgIpc) is 2.73. The third kappa shape index (κ3) is 2.43. The standard InChI is InChI=1S/C17H24N2O2/c1-6-7-15(21)19(5)17(4)13-10-11(2)8-9-14(13)18-16(17)12(3)20/h8-10,16,18H,6-7H2,1-5H3. The number of hydrogen-bond acceptors (Lipinski definition) is 3. The molecule has 1 aromatic rings. The Hall–Kier alpha value is -1.84. The van der Waals surface area contributed by atoms with Crippen LogP contribution >= 0.6 is 0 Å². The SMILES string of the molecule is CCCC(=O)N(C)C1(C)c2cc(C)ccc2NC1C(C)=O. The Morgan fingerprint density at radius 3 is 2.62 bits per heavy atom. The van der Waals surface area contributed by atoms with Crippen molar-refractivity contribution in [2.24, 2.45) is 0 Å². The van der Waals surface area contributed by atoms with Crippen LogP contribution in [0.3, 0.4) is 0 Å². The molecule has 114 valence electrons. The molecule has 0 spiro atoms. The Labute approximate surface area is 126 Å². The fourth-order valence-corrected chi connectivity index (χ4v) is 3.17. The predicted octanol–water partition coefficient (Wildman–Crippen LogP) is 2.85. The van der Waals surface area contributed by atoms with Crippen LogP contribution in [0.25, 0.3) is 0 Å². The van der Waals surface area contributed by atoms with E-state index in [4.69, 9.17) is 0 Å². The smallest absolute Gasteiger partial charge is 0.223 e. The van der Waals surface area contributed by atoms with Crippen LogP contribution in [0.5, 0.6) is 0 Å². The number of benzene rings is 1. The minimum Gasteiger partial charge on any atom is -0.373 e. The number of ketones is 1. The van der Waals surface area contributed by atoms with Gasteiger partial charge in [-0.3, -0.25) is 9.59 Å². The van der Waals surface area contributed by atoms with E-state index >= 15 is 0 Å². The summed E-state index contributed by atoms with van der Waals surface area (Å²) < 4.78 is 0. The minimum atomic E-state index is -0.639. The molecule has 1 aliphatic heterocycles. The number of carbonyl (C=O) groups is 2. The number of anilines is 1. The van der Waals surface area contributed by atoms with Crippen LogP contribution in [0.1, 0.15) is 44.7 Å². The number of likely N-dealkylation sites (N-methyl/N-ethyl adjacent to an activating group) is 1. The lowest BCUT2D eigenvalue weighted by molar-refractivity contribution is -0.137. The van der Waals surface area contributed by atoms with Gasteiger partial charge in [0.25, 0.3) is 0 Å². The molecule has 0 radical (unpaired) electrons. The van der Waals surface area contributed by atoms with Gasteiger partial charge in [-0.25, -0.2) is 0 Å². The van der Waals surface area contributed by atoms with Crippen LogP contribution in [0, 0.1) is 6.92 Å². The van der Waals surface area contributed by atoms with Gasteiger partial charge in [0, 0.05) is 24.7 Å². The maximum absolute atomic E-state index is 12.4. The van der Waals surface area contributed by atoms with Crippen molar-refractivity contribution in [1.29, 1.82) is 0 Å². The van der Waals surface area contributed by atoms with Crippen molar-refractivity contribution in [3.05, 3.63) is 29.3 Å². The van der Waals surface area contributed by atoms with E-state index in [2.05, 4.69) is 11.4 Å². The molecule has 2 unspecified atom stereocenters. The summed E-state index contributed by atoms with van der Waals surface area (Å²) in [5.41, 5.74) is 2.45. The normalized spacial score (nSPS) is 23.4. The molecule has 0 aliphatic carbocycles. The van der Waals surface area contributed by atoms with Gasteiger partial charge in [-0.2, -0.15) is 0 Å². The lowest BCUT2D eigenvalue weighted by atomic mass is 9.83. The van der Waals surface area contributed by atoms with Gasteiger partial charge in [0.2, 0.25) is 5.91 Å². The zero-order chi connectivity index (χ0) is 15.8. The topological polar surface area (TPSA) is 49.4 Å². The van der Waals surface area contributed by atoms with Gasteiger partial charge in [-0.15, -0.1) is 0 Å². The first-order valence-corrected chi connectivity index (χ1v) is 7.47. The molecule has 0 bridgehead atoms. The maximum Gasteiger partial charge on any atom is 0.223 e. The monoisotopic (exact) mass is 288 g/mol. The van der Waals surface area contributed by atoms with Crippen molar-refractivity contribution in [3.63, 3.8) is 0 Å². The number of nitrogens with zero attached hydrogens (tertiary/aromatic N) is 1. The molecule has 4 heteroatoms. The lowest BCUT2D eigenvalue weighted by Crippen LogP contribution is -2.54. The Morgan fingerprint density at radius 2 is 2.05 bits per heavy atom. The minimum absolute atomic E-state index is 0.0440. The van der Waals surface area contributed by atoms with Gasteiger partial charge in [0.05, 0.1) is 5.54 Å². The van der Waals surface area contributed by atoms with Gasteiger partial charge >= 0.3 is 0 Å². The van der Waals surface area contributed by atoms with Crippen LogP contribution < -0.4 is 5.32 Å². The number of Topliss-reactive ketones (excluding diaryl/α,β-unsaturated/α-hetero) is 1. The third-order valence-corrected chi connectivity index (χ3v) is 4.52. The highest BCUT2D eigenvalue weighted by atomic mass is 16.2. The second-order valence-electron chi connectivity index (χ2n) is 6.09. The van der Waals surface area contributed by atoms with Gasteiger partial charge < -0.3 is 10.2 Å². The molecule has 0 saturated heterocycles. The second kappa shape index (κ2) is 5.51. The van der Waals surface area contributed by atoms with Crippen LogP contribution in [-0.4, -0.2) is 29.7 Å². The number of nitrogens with one attached hydrogen (secondary N) is 1. The zero-order valence-electron chi connectivity index (χ0n) is 13.5. The number of carbonyl (C=O) groups excluding carboxylic acids is 2. The van der Waals surface area contributed by atoms with Crippen molar-refractivity contribution in [1.82, 2.24) is 4.90 Å². The molecular formula is C17H24N2O2. The highest BCUT2D eigenvalue weighted by molar-refractivity contribution is 5.91. The molecule has 2 atom stereocenters. The van der Waals surface area contributed by atoms with Crippen LogP contribution in [0.2, 0.25) is 0 Å². The molecular weight excluding hydrogens is 264 g/mol. The molecule has 4 nitrogen and oxygen atoms in total. The number of amides is 1. The first-order chi connectivity index (χ1) is 9.82. The molecule has 21 heavy (non-hydrogen) atoms. The van der Waals surface area contributed by atoms with Gasteiger partial charge in [0.15, 0.2) is 5.78 Å².